The van der Waals surface area contributed by atoms with Crippen LogP contribution in [0.15, 0.2) is 54.7 Å². The van der Waals surface area contributed by atoms with Gasteiger partial charge in [-0.25, -0.2) is 0 Å². The molecule has 3 rings (SSSR count). The number of nitrogens with one attached hydrogen (secondary N) is 3. The van der Waals surface area contributed by atoms with E-state index in [9.17, 15) is 4.79 Å². The summed E-state index contributed by atoms with van der Waals surface area (Å²) in [5.74, 6) is 0.0505. The predicted molar refractivity (Wildman–Crippen MR) is 103 cm³/mol. The minimum absolute atomic E-state index is 0.0505. The van der Waals surface area contributed by atoms with E-state index < -0.39 is 0 Å². The molecule has 0 bridgehead atoms. The minimum atomic E-state index is 0.0505. The van der Waals surface area contributed by atoms with Crippen molar-refractivity contribution in [3.05, 3.63) is 70.9 Å². The van der Waals surface area contributed by atoms with E-state index in [4.69, 9.17) is 11.6 Å². The van der Waals surface area contributed by atoms with Crippen LogP contribution >= 0.6 is 11.6 Å². The lowest BCUT2D eigenvalue weighted by Gasteiger charge is -2.07. The molecule has 0 saturated carbocycles. The molecule has 5 heteroatoms. The van der Waals surface area contributed by atoms with Crippen LogP contribution in [0.3, 0.4) is 0 Å². The lowest BCUT2D eigenvalue weighted by molar-refractivity contribution is -0.121. The fraction of sp³-hybridized carbons (Fsp3) is 0.250. The van der Waals surface area contributed by atoms with Gasteiger partial charge in [-0.15, -0.1) is 0 Å². The van der Waals surface area contributed by atoms with Crippen LogP contribution in [0.25, 0.3) is 10.9 Å². The van der Waals surface area contributed by atoms with E-state index in [1.54, 1.807) is 0 Å². The molecule has 1 heterocycles. The van der Waals surface area contributed by atoms with Crippen molar-refractivity contribution >= 4 is 28.4 Å². The lowest BCUT2D eigenvalue weighted by Crippen LogP contribution is -2.28. The van der Waals surface area contributed by atoms with Crippen LogP contribution in [-0.4, -0.2) is 24.0 Å². The van der Waals surface area contributed by atoms with Gasteiger partial charge in [-0.2, -0.15) is 0 Å². The Bertz CT molecular complexity index is 826. The fourth-order valence-corrected chi connectivity index (χ4v) is 2.91. The zero-order valence-electron chi connectivity index (χ0n) is 14.0. The highest BCUT2D eigenvalue weighted by Gasteiger charge is 2.04. The monoisotopic (exact) mass is 355 g/mol. The first-order chi connectivity index (χ1) is 12.2. The first-order valence-electron chi connectivity index (χ1n) is 8.49. The summed E-state index contributed by atoms with van der Waals surface area (Å²) in [5.41, 5.74) is 3.51. The van der Waals surface area contributed by atoms with Gasteiger partial charge in [-0.3, -0.25) is 4.79 Å². The number of aromatic nitrogens is 1. The Kier molecular flexibility index (Phi) is 6.09. The van der Waals surface area contributed by atoms with Gasteiger partial charge < -0.3 is 15.6 Å². The van der Waals surface area contributed by atoms with Crippen LogP contribution in [0.2, 0.25) is 5.02 Å². The van der Waals surface area contributed by atoms with Crippen molar-refractivity contribution in [2.45, 2.75) is 19.4 Å². The Morgan fingerprint density at radius 3 is 2.68 bits per heavy atom. The maximum atomic E-state index is 11.9. The number of amides is 1. The molecule has 0 aliphatic heterocycles. The molecule has 4 nitrogen and oxygen atoms in total. The van der Waals surface area contributed by atoms with Gasteiger partial charge in [0.15, 0.2) is 0 Å². The summed E-state index contributed by atoms with van der Waals surface area (Å²) in [4.78, 5) is 15.2. The molecule has 0 radical (unpaired) electrons. The van der Waals surface area contributed by atoms with E-state index in [0.29, 0.717) is 24.5 Å². The summed E-state index contributed by atoms with van der Waals surface area (Å²) < 4.78 is 0. The molecular weight excluding hydrogens is 334 g/mol. The van der Waals surface area contributed by atoms with Crippen molar-refractivity contribution in [1.82, 2.24) is 15.6 Å². The average molecular weight is 356 g/mol. The second-order valence-corrected chi connectivity index (χ2v) is 6.45. The van der Waals surface area contributed by atoms with Gasteiger partial charge in [0, 0.05) is 41.6 Å². The van der Waals surface area contributed by atoms with E-state index in [1.807, 2.05) is 30.3 Å². The van der Waals surface area contributed by atoms with E-state index >= 15 is 0 Å². The molecule has 0 aliphatic rings. The number of carbonyl (C=O) groups is 1. The number of benzene rings is 2. The quantitative estimate of drug-likeness (QED) is 0.540. The van der Waals surface area contributed by atoms with Gasteiger partial charge in [0.05, 0.1) is 0 Å². The molecule has 130 valence electrons. The van der Waals surface area contributed by atoms with Crippen LogP contribution < -0.4 is 10.6 Å². The summed E-state index contributed by atoms with van der Waals surface area (Å²) >= 11 is 5.84. The summed E-state index contributed by atoms with van der Waals surface area (Å²) in [5, 5.41) is 8.22. The Balaban J connectivity index is 1.33. The fourth-order valence-electron chi connectivity index (χ4n) is 2.78. The van der Waals surface area contributed by atoms with Crippen LogP contribution in [0.1, 0.15) is 17.5 Å². The second kappa shape index (κ2) is 8.70. The van der Waals surface area contributed by atoms with Gasteiger partial charge in [0.1, 0.15) is 0 Å². The molecule has 0 saturated heterocycles. The SMILES string of the molecule is O=C(CCNCCc1c[nH]c2ccccc12)NCc1ccc(Cl)cc1. The van der Waals surface area contributed by atoms with Crippen LogP contribution in [0.4, 0.5) is 0 Å². The van der Waals surface area contributed by atoms with Crippen LogP contribution in [0.5, 0.6) is 0 Å². The van der Waals surface area contributed by atoms with Gasteiger partial charge in [0.2, 0.25) is 5.91 Å². The maximum absolute atomic E-state index is 11.9. The molecule has 0 aliphatic carbocycles. The van der Waals surface area contributed by atoms with Crippen LogP contribution in [-0.2, 0) is 17.8 Å². The van der Waals surface area contributed by atoms with Gasteiger partial charge in [-0.05, 0) is 42.3 Å². The Morgan fingerprint density at radius 2 is 1.84 bits per heavy atom. The first kappa shape index (κ1) is 17.5. The molecule has 0 unspecified atom stereocenters. The Hall–Kier alpha value is -2.30. The number of carbonyl (C=O) groups excluding carboxylic acids is 1. The molecule has 3 N–H and O–H groups in total. The smallest absolute Gasteiger partial charge is 0.221 e. The third kappa shape index (κ3) is 5.08. The number of halogens is 1. The summed E-state index contributed by atoms with van der Waals surface area (Å²) in [6.45, 7) is 2.06. The molecule has 2 aromatic carbocycles. The van der Waals surface area contributed by atoms with E-state index in [-0.39, 0.29) is 5.91 Å². The number of H-pyrrole nitrogens is 1. The topological polar surface area (TPSA) is 56.9 Å². The predicted octanol–water partition coefficient (Wildman–Crippen LogP) is 3.66. The van der Waals surface area contributed by atoms with E-state index in [1.165, 1.54) is 16.5 Å². The third-order valence-corrected chi connectivity index (χ3v) is 4.43. The van der Waals surface area contributed by atoms with Crippen molar-refractivity contribution in [2.75, 3.05) is 13.1 Å². The summed E-state index contributed by atoms with van der Waals surface area (Å²) in [7, 11) is 0. The molecular formula is C20H22ClN3O. The normalized spacial score (nSPS) is 10.9. The average Bonchev–Trinajstić information content (AvgIpc) is 3.04. The third-order valence-electron chi connectivity index (χ3n) is 4.18. The zero-order valence-corrected chi connectivity index (χ0v) is 14.8. The van der Waals surface area contributed by atoms with Crippen LogP contribution in [0, 0.1) is 0 Å². The molecule has 0 spiro atoms. The van der Waals surface area contributed by atoms with Gasteiger partial charge >= 0.3 is 0 Å². The second-order valence-electron chi connectivity index (χ2n) is 6.01. The zero-order chi connectivity index (χ0) is 17.5. The van der Waals surface area contributed by atoms with Gasteiger partial charge in [0.25, 0.3) is 0 Å². The lowest BCUT2D eigenvalue weighted by atomic mass is 10.1. The Morgan fingerprint density at radius 1 is 1.04 bits per heavy atom. The number of hydrogen-bond donors (Lipinski definition) is 3. The number of fused-ring (bicyclic) bond motifs is 1. The number of rotatable bonds is 8. The summed E-state index contributed by atoms with van der Waals surface area (Å²) in [6.07, 6.45) is 3.48. The van der Waals surface area contributed by atoms with Crippen molar-refractivity contribution in [2.24, 2.45) is 0 Å². The largest absolute Gasteiger partial charge is 0.361 e. The number of para-hydroxylation sites is 1. The van der Waals surface area contributed by atoms with Crippen molar-refractivity contribution in [1.29, 1.82) is 0 Å². The Labute approximate surface area is 152 Å². The maximum Gasteiger partial charge on any atom is 0.221 e. The molecule has 25 heavy (non-hydrogen) atoms. The molecule has 0 atom stereocenters. The molecule has 3 aromatic rings. The van der Waals surface area contributed by atoms with Gasteiger partial charge in [-0.1, -0.05) is 41.9 Å². The highest BCUT2D eigenvalue weighted by Crippen LogP contribution is 2.17. The van der Waals surface area contributed by atoms with E-state index in [0.717, 1.165) is 18.5 Å². The highest BCUT2D eigenvalue weighted by molar-refractivity contribution is 6.30. The minimum Gasteiger partial charge on any atom is -0.361 e. The van der Waals surface area contributed by atoms with Crippen molar-refractivity contribution < 1.29 is 4.79 Å². The molecule has 0 fully saturated rings. The standard InChI is InChI=1S/C20H22ClN3O/c21-17-7-5-15(6-8-17)13-24-20(25)10-12-22-11-9-16-14-23-19-4-2-1-3-18(16)19/h1-8,14,22-23H,9-13H2,(H,24,25). The van der Waals surface area contributed by atoms with E-state index in [2.05, 4.69) is 40.0 Å². The number of hydrogen-bond acceptors (Lipinski definition) is 2. The molecule has 1 amide bonds. The highest BCUT2D eigenvalue weighted by atomic mass is 35.5. The van der Waals surface area contributed by atoms with Crippen molar-refractivity contribution in [3.63, 3.8) is 0 Å². The summed E-state index contributed by atoms with van der Waals surface area (Å²) in [6, 6.07) is 15.8. The first-order valence-corrected chi connectivity index (χ1v) is 8.87. The molecule has 1 aromatic heterocycles. The number of aromatic amines is 1. The van der Waals surface area contributed by atoms with Crippen molar-refractivity contribution in [3.8, 4) is 0 Å².